The maximum absolute atomic E-state index is 13.5. The first-order valence-corrected chi connectivity index (χ1v) is 13.3. The largest absolute Gasteiger partial charge is 0.342 e. The van der Waals surface area contributed by atoms with E-state index in [1.54, 1.807) is 16.4 Å². The van der Waals surface area contributed by atoms with Crippen LogP contribution in [0.15, 0.2) is 17.0 Å². The van der Waals surface area contributed by atoms with E-state index in [9.17, 15) is 13.2 Å². The summed E-state index contributed by atoms with van der Waals surface area (Å²) in [7, 11) is -3.58. The Morgan fingerprint density at radius 1 is 0.968 bits per heavy atom. The van der Waals surface area contributed by atoms with E-state index in [1.165, 1.54) is 0 Å². The van der Waals surface area contributed by atoms with Gasteiger partial charge in [-0.15, -0.1) is 0 Å². The molecule has 8 heteroatoms. The third-order valence-corrected chi connectivity index (χ3v) is 9.65. The van der Waals surface area contributed by atoms with Crippen LogP contribution >= 0.6 is 11.6 Å². The van der Waals surface area contributed by atoms with Crippen LogP contribution in [0.3, 0.4) is 0 Å². The Morgan fingerprint density at radius 3 is 2.35 bits per heavy atom. The Hall–Kier alpha value is -1.15. The fourth-order valence-electron chi connectivity index (χ4n) is 5.58. The summed E-state index contributed by atoms with van der Waals surface area (Å²) in [6.45, 7) is 8.68. The molecular formula is C23H34ClN3O3S. The second kappa shape index (κ2) is 9.00. The van der Waals surface area contributed by atoms with Crippen molar-refractivity contribution in [2.24, 2.45) is 5.41 Å². The van der Waals surface area contributed by atoms with Gasteiger partial charge in [-0.25, -0.2) is 8.42 Å². The molecule has 1 atom stereocenters. The highest BCUT2D eigenvalue weighted by Gasteiger charge is 2.43. The Balaban J connectivity index is 1.49. The zero-order valence-electron chi connectivity index (χ0n) is 18.7. The fourth-order valence-corrected chi connectivity index (χ4v) is 7.68. The third kappa shape index (κ3) is 4.80. The van der Waals surface area contributed by atoms with E-state index in [2.05, 4.69) is 4.90 Å². The maximum atomic E-state index is 13.5. The van der Waals surface area contributed by atoms with Crippen molar-refractivity contribution >= 4 is 27.5 Å². The molecule has 0 saturated carbocycles. The smallest absolute Gasteiger partial charge is 0.243 e. The van der Waals surface area contributed by atoms with Gasteiger partial charge in [0.25, 0.3) is 0 Å². The average molecular weight is 468 g/mol. The summed E-state index contributed by atoms with van der Waals surface area (Å²) in [6.07, 6.45) is 6.12. The van der Waals surface area contributed by atoms with Crippen molar-refractivity contribution in [2.45, 2.75) is 57.3 Å². The monoisotopic (exact) mass is 467 g/mol. The van der Waals surface area contributed by atoms with Crippen LogP contribution in [0.25, 0.3) is 0 Å². The average Bonchev–Trinajstić information content (AvgIpc) is 3.26. The van der Waals surface area contributed by atoms with Crippen LogP contribution in [0, 0.1) is 19.3 Å². The highest BCUT2D eigenvalue weighted by atomic mass is 35.5. The van der Waals surface area contributed by atoms with Crippen molar-refractivity contribution in [1.29, 1.82) is 0 Å². The molecule has 3 heterocycles. The predicted octanol–water partition coefficient (Wildman–Crippen LogP) is 3.45. The molecule has 3 fully saturated rings. The number of nitrogens with zero attached hydrogens (tertiary/aromatic N) is 3. The first kappa shape index (κ1) is 23.0. The Labute approximate surface area is 191 Å². The van der Waals surface area contributed by atoms with Crippen LogP contribution in [0.4, 0.5) is 0 Å². The second-order valence-electron chi connectivity index (χ2n) is 9.71. The van der Waals surface area contributed by atoms with E-state index >= 15 is 0 Å². The number of sulfonamides is 1. The van der Waals surface area contributed by atoms with Crippen LogP contribution in [0.2, 0.25) is 5.02 Å². The number of amides is 1. The van der Waals surface area contributed by atoms with Gasteiger partial charge in [0.1, 0.15) is 0 Å². The summed E-state index contributed by atoms with van der Waals surface area (Å²) in [5, 5.41) is 0.595. The van der Waals surface area contributed by atoms with Crippen LogP contribution in [-0.4, -0.2) is 74.2 Å². The van der Waals surface area contributed by atoms with Gasteiger partial charge < -0.3 is 4.90 Å². The number of piperidine rings is 2. The highest BCUT2D eigenvalue weighted by molar-refractivity contribution is 7.89. The maximum Gasteiger partial charge on any atom is 0.243 e. The summed E-state index contributed by atoms with van der Waals surface area (Å²) >= 11 is 6.20. The number of likely N-dealkylation sites (tertiary alicyclic amines) is 2. The quantitative estimate of drug-likeness (QED) is 0.680. The topological polar surface area (TPSA) is 60.9 Å². The number of hydrogen-bond acceptors (Lipinski definition) is 4. The number of rotatable bonds is 4. The second-order valence-corrected chi connectivity index (χ2v) is 12.0. The van der Waals surface area contributed by atoms with Gasteiger partial charge in [-0.05, 0) is 87.6 Å². The number of carbonyl (C=O) groups excluding carboxylic acids is 1. The van der Waals surface area contributed by atoms with E-state index in [0.29, 0.717) is 35.1 Å². The van der Waals surface area contributed by atoms with Crippen LogP contribution in [0.1, 0.15) is 49.7 Å². The molecule has 172 valence electrons. The van der Waals surface area contributed by atoms with Gasteiger partial charge in [0.15, 0.2) is 0 Å². The molecule has 3 aliphatic heterocycles. The fraction of sp³-hybridized carbons (Fsp3) is 0.696. The normalized spacial score (nSPS) is 26.0. The van der Waals surface area contributed by atoms with Gasteiger partial charge in [0, 0.05) is 37.7 Å². The third-order valence-electron chi connectivity index (χ3n) is 7.26. The standard InChI is InChI=1S/C23H34ClN3O3S/c1-18-14-21(19(2)13-20(18)24)31(29,30)27-12-6-8-23(17-27)7-5-9-25(16-23)15-22(28)26-10-3-4-11-26/h13-14H,3-12,15-17H2,1-2H3. The number of benzene rings is 1. The van der Waals surface area contributed by atoms with Gasteiger partial charge in [0.2, 0.25) is 15.9 Å². The SMILES string of the molecule is Cc1cc(S(=O)(=O)N2CCCC3(CCCN(CC(=O)N4CCCC4)C3)C2)c(C)cc1Cl. The number of carbonyl (C=O) groups is 1. The molecule has 0 aromatic heterocycles. The van der Waals surface area contributed by atoms with Crippen LogP contribution in [-0.2, 0) is 14.8 Å². The van der Waals surface area contributed by atoms with Crippen molar-refractivity contribution in [3.05, 3.63) is 28.3 Å². The summed E-state index contributed by atoms with van der Waals surface area (Å²) < 4.78 is 28.8. The molecule has 6 nitrogen and oxygen atoms in total. The molecule has 1 aromatic rings. The molecule has 1 unspecified atom stereocenters. The minimum atomic E-state index is -3.58. The van der Waals surface area contributed by atoms with E-state index in [-0.39, 0.29) is 11.3 Å². The summed E-state index contributed by atoms with van der Waals surface area (Å²) in [5.41, 5.74) is 1.41. The number of halogens is 1. The predicted molar refractivity (Wildman–Crippen MR) is 123 cm³/mol. The zero-order chi connectivity index (χ0) is 22.2. The minimum Gasteiger partial charge on any atom is -0.342 e. The molecule has 1 aromatic carbocycles. The molecule has 31 heavy (non-hydrogen) atoms. The molecule has 0 aliphatic carbocycles. The summed E-state index contributed by atoms with van der Waals surface area (Å²) in [6, 6.07) is 3.45. The molecule has 3 saturated heterocycles. The molecule has 4 rings (SSSR count). The Bertz CT molecular complexity index is 942. The number of hydrogen-bond donors (Lipinski definition) is 0. The zero-order valence-corrected chi connectivity index (χ0v) is 20.3. The summed E-state index contributed by atoms with van der Waals surface area (Å²) in [4.78, 5) is 17.3. The molecule has 0 N–H and O–H groups in total. The van der Waals surface area contributed by atoms with Crippen molar-refractivity contribution < 1.29 is 13.2 Å². The minimum absolute atomic E-state index is 0.0652. The first-order chi connectivity index (χ1) is 14.7. The van der Waals surface area contributed by atoms with E-state index in [1.807, 2.05) is 18.7 Å². The lowest BCUT2D eigenvalue weighted by Gasteiger charge is -2.48. The van der Waals surface area contributed by atoms with E-state index < -0.39 is 10.0 Å². The van der Waals surface area contributed by atoms with Crippen molar-refractivity contribution in [2.75, 3.05) is 45.8 Å². The molecule has 3 aliphatic rings. The van der Waals surface area contributed by atoms with Crippen molar-refractivity contribution in [1.82, 2.24) is 14.1 Å². The molecule has 0 bridgehead atoms. The molecular weight excluding hydrogens is 434 g/mol. The van der Waals surface area contributed by atoms with E-state index in [4.69, 9.17) is 11.6 Å². The van der Waals surface area contributed by atoms with Crippen LogP contribution in [0.5, 0.6) is 0 Å². The molecule has 1 amide bonds. The van der Waals surface area contributed by atoms with Crippen LogP contribution < -0.4 is 0 Å². The lowest BCUT2D eigenvalue weighted by molar-refractivity contribution is -0.132. The van der Waals surface area contributed by atoms with E-state index in [0.717, 1.165) is 70.3 Å². The Kier molecular flexibility index (Phi) is 6.69. The summed E-state index contributed by atoms with van der Waals surface area (Å²) in [5.74, 6) is 0.224. The first-order valence-electron chi connectivity index (χ1n) is 11.5. The van der Waals surface area contributed by atoms with Gasteiger partial charge in [-0.1, -0.05) is 11.6 Å². The number of aryl methyl sites for hydroxylation is 2. The van der Waals surface area contributed by atoms with Crippen molar-refractivity contribution in [3.63, 3.8) is 0 Å². The lowest BCUT2D eigenvalue weighted by Crippen LogP contribution is -2.55. The van der Waals surface area contributed by atoms with Gasteiger partial charge in [-0.2, -0.15) is 4.31 Å². The van der Waals surface area contributed by atoms with Crippen molar-refractivity contribution in [3.8, 4) is 0 Å². The van der Waals surface area contributed by atoms with Gasteiger partial charge in [-0.3, -0.25) is 9.69 Å². The molecule has 0 radical (unpaired) electrons. The van der Waals surface area contributed by atoms with Gasteiger partial charge in [0.05, 0.1) is 11.4 Å². The Morgan fingerprint density at radius 2 is 1.65 bits per heavy atom. The lowest BCUT2D eigenvalue weighted by atomic mass is 9.74. The highest BCUT2D eigenvalue weighted by Crippen LogP contribution is 2.40. The molecule has 1 spiro atoms. The van der Waals surface area contributed by atoms with Gasteiger partial charge >= 0.3 is 0 Å².